The molecule has 3 N–H and O–H groups in total. The van der Waals surface area contributed by atoms with E-state index in [2.05, 4.69) is 5.32 Å². The summed E-state index contributed by atoms with van der Waals surface area (Å²) in [5, 5.41) is 3.55. The normalized spacial score (nSPS) is 11.5. The second-order valence-electron chi connectivity index (χ2n) is 6.27. The molecule has 1 amide bonds. The number of aryl methyl sites for hydroxylation is 1. The number of amides is 1. The van der Waals surface area contributed by atoms with Crippen LogP contribution in [0.2, 0.25) is 5.02 Å². The van der Waals surface area contributed by atoms with Gasteiger partial charge >= 0.3 is 0 Å². The molecule has 2 aromatic rings. The van der Waals surface area contributed by atoms with E-state index in [9.17, 15) is 4.79 Å². The van der Waals surface area contributed by atoms with Gasteiger partial charge in [0.1, 0.15) is 0 Å². The molecule has 0 bridgehead atoms. The predicted molar refractivity (Wildman–Crippen MR) is 90.9 cm³/mol. The fourth-order valence-corrected chi connectivity index (χ4v) is 2.59. The van der Waals surface area contributed by atoms with Crippen molar-refractivity contribution in [3.05, 3.63) is 52.3 Å². The second kappa shape index (κ2) is 6.15. The SMILES string of the molecule is Cc1cc(C(=O)NCC(C)(C)N)c(C)n1-c1cccc(Cl)c1. The van der Waals surface area contributed by atoms with Crippen LogP contribution in [0.4, 0.5) is 0 Å². The van der Waals surface area contributed by atoms with Gasteiger partial charge in [0.25, 0.3) is 5.91 Å². The largest absolute Gasteiger partial charge is 0.350 e. The molecule has 1 aromatic heterocycles. The minimum absolute atomic E-state index is 0.111. The van der Waals surface area contributed by atoms with Gasteiger partial charge in [-0.2, -0.15) is 0 Å². The van der Waals surface area contributed by atoms with E-state index in [0.29, 0.717) is 17.1 Å². The molecule has 0 unspecified atom stereocenters. The van der Waals surface area contributed by atoms with Gasteiger partial charge in [0.15, 0.2) is 0 Å². The van der Waals surface area contributed by atoms with Crippen molar-refractivity contribution in [3.63, 3.8) is 0 Å². The van der Waals surface area contributed by atoms with E-state index < -0.39 is 5.54 Å². The second-order valence-corrected chi connectivity index (χ2v) is 6.71. The number of halogens is 1. The van der Waals surface area contributed by atoms with Crippen molar-refractivity contribution in [2.45, 2.75) is 33.2 Å². The lowest BCUT2D eigenvalue weighted by molar-refractivity contribution is 0.0945. The van der Waals surface area contributed by atoms with Crippen LogP contribution < -0.4 is 11.1 Å². The smallest absolute Gasteiger partial charge is 0.253 e. The Hall–Kier alpha value is -1.78. The first-order chi connectivity index (χ1) is 10.2. The molecule has 0 spiro atoms. The Balaban J connectivity index is 2.33. The number of nitrogens with zero attached hydrogens (tertiary/aromatic N) is 1. The molecule has 0 aliphatic carbocycles. The predicted octanol–water partition coefficient (Wildman–Crippen LogP) is 3.21. The zero-order chi connectivity index (χ0) is 16.5. The summed E-state index contributed by atoms with van der Waals surface area (Å²) in [7, 11) is 0. The maximum atomic E-state index is 12.4. The Kier molecular flexibility index (Phi) is 4.63. The van der Waals surface area contributed by atoms with Crippen molar-refractivity contribution in [1.29, 1.82) is 0 Å². The van der Waals surface area contributed by atoms with Crippen molar-refractivity contribution in [2.75, 3.05) is 6.54 Å². The number of aromatic nitrogens is 1. The zero-order valence-electron chi connectivity index (χ0n) is 13.4. The summed E-state index contributed by atoms with van der Waals surface area (Å²) in [5.74, 6) is -0.111. The number of carbonyl (C=O) groups excluding carboxylic acids is 1. The van der Waals surface area contributed by atoms with Gasteiger partial charge in [-0.1, -0.05) is 17.7 Å². The molecule has 5 heteroatoms. The molecular weight excluding hydrogens is 298 g/mol. The van der Waals surface area contributed by atoms with Crippen LogP contribution in [0, 0.1) is 13.8 Å². The highest BCUT2D eigenvalue weighted by Crippen LogP contribution is 2.23. The molecule has 0 fully saturated rings. The standard InChI is InChI=1S/C17H22ClN3O/c1-11-8-15(16(22)20-10-17(3,4)19)12(2)21(11)14-7-5-6-13(18)9-14/h5-9H,10,19H2,1-4H3,(H,20,22). The summed E-state index contributed by atoms with van der Waals surface area (Å²) in [6.07, 6.45) is 0. The van der Waals surface area contributed by atoms with Gasteiger partial charge in [-0.3, -0.25) is 4.79 Å². The maximum Gasteiger partial charge on any atom is 0.253 e. The maximum absolute atomic E-state index is 12.4. The Morgan fingerprint density at radius 2 is 2.00 bits per heavy atom. The molecular formula is C17H22ClN3O. The summed E-state index contributed by atoms with van der Waals surface area (Å²) in [6, 6.07) is 9.46. The van der Waals surface area contributed by atoms with E-state index in [1.807, 2.05) is 62.6 Å². The van der Waals surface area contributed by atoms with Gasteiger partial charge in [0, 0.05) is 34.2 Å². The average molecular weight is 320 g/mol. The monoisotopic (exact) mass is 319 g/mol. The number of nitrogens with two attached hydrogens (primary N) is 1. The van der Waals surface area contributed by atoms with E-state index in [0.717, 1.165) is 17.1 Å². The first kappa shape index (κ1) is 16.6. The number of carbonyl (C=O) groups is 1. The van der Waals surface area contributed by atoms with Crippen LogP contribution in [0.5, 0.6) is 0 Å². The van der Waals surface area contributed by atoms with Crippen LogP contribution in [-0.4, -0.2) is 22.6 Å². The molecule has 1 aromatic carbocycles. The molecule has 1 heterocycles. The van der Waals surface area contributed by atoms with E-state index in [-0.39, 0.29) is 5.91 Å². The van der Waals surface area contributed by atoms with E-state index in [1.54, 1.807) is 0 Å². The highest BCUT2D eigenvalue weighted by Gasteiger charge is 2.19. The molecule has 4 nitrogen and oxygen atoms in total. The third-order valence-electron chi connectivity index (χ3n) is 3.45. The van der Waals surface area contributed by atoms with Gasteiger partial charge in [0.05, 0.1) is 5.56 Å². The van der Waals surface area contributed by atoms with Crippen LogP contribution >= 0.6 is 11.6 Å². The lowest BCUT2D eigenvalue weighted by Crippen LogP contribution is -2.45. The van der Waals surface area contributed by atoms with Crippen molar-refractivity contribution in [2.24, 2.45) is 5.73 Å². The highest BCUT2D eigenvalue weighted by atomic mass is 35.5. The molecule has 0 saturated carbocycles. The van der Waals surface area contributed by atoms with Gasteiger partial charge in [-0.15, -0.1) is 0 Å². The number of hydrogen-bond donors (Lipinski definition) is 2. The molecule has 0 saturated heterocycles. The molecule has 0 aliphatic rings. The fourth-order valence-electron chi connectivity index (χ4n) is 2.41. The molecule has 118 valence electrons. The summed E-state index contributed by atoms with van der Waals surface area (Å²) in [5.41, 5.74) is 8.94. The molecule has 0 atom stereocenters. The third-order valence-corrected chi connectivity index (χ3v) is 3.68. The van der Waals surface area contributed by atoms with Crippen LogP contribution in [0.1, 0.15) is 35.6 Å². The topological polar surface area (TPSA) is 60.1 Å². The number of rotatable bonds is 4. The van der Waals surface area contributed by atoms with Gasteiger partial charge in [-0.25, -0.2) is 0 Å². The van der Waals surface area contributed by atoms with Crippen molar-refractivity contribution < 1.29 is 4.79 Å². The molecule has 0 radical (unpaired) electrons. The zero-order valence-corrected chi connectivity index (χ0v) is 14.2. The quantitative estimate of drug-likeness (QED) is 0.909. The lowest BCUT2D eigenvalue weighted by atomic mass is 10.1. The summed E-state index contributed by atoms with van der Waals surface area (Å²) >= 11 is 6.06. The highest BCUT2D eigenvalue weighted by molar-refractivity contribution is 6.30. The number of hydrogen-bond acceptors (Lipinski definition) is 2. The van der Waals surface area contributed by atoms with E-state index in [4.69, 9.17) is 17.3 Å². The first-order valence-corrected chi connectivity index (χ1v) is 7.59. The minimum atomic E-state index is -0.436. The van der Waals surface area contributed by atoms with Crippen LogP contribution in [0.15, 0.2) is 30.3 Å². The lowest BCUT2D eigenvalue weighted by Gasteiger charge is -2.18. The van der Waals surface area contributed by atoms with Crippen LogP contribution in [-0.2, 0) is 0 Å². The third kappa shape index (κ3) is 3.70. The van der Waals surface area contributed by atoms with Gasteiger partial charge < -0.3 is 15.6 Å². The van der Waals surface area contributed by atoms with E-state index in [1.165, 1.54) is 0 Å². The van der Waals surface area contributed by atoms with E-state index >= 15 is 0 Å². The molecule has 2 rings (SSSR count). The van der Waals surface area contributed by atoms with Crippen molar-refractivity contribution in [3.8, 4) is 5.69 Å². The van der Waals surface area contributed by atoms with Gasteiger partial charge in [-0.05, 0) is 52.0 Å². The van der Waals surface area contributed by atoms with Crippen LogP contribution in [0.25, 0.3) is 5.69 Å². The number of nitrogens with one attached hydrogen (secondary N) is 1. The Morgan fingerprint density at radius 3 is 2.59 bits per heavy atom. The molecule has 0 aliphatic heterocycles. The van der Waals surface area contributed by atoms with Crippen LogP contribution in [0.3, 0.4) is 0 Å². The van der Waals surface area contributed by atoms with Crippen molar-refractivity contribution >= 4 is 17.5 Å². The molecule has 22 heavy (non-hydrogen) atoms. The summed E-state index contributed by atoms with van der Waals surface area (Å²) in [6.45, 7) is 8.08. The fraction of sp³-hybridized carbons (Fsp3) is 0.353. The van der Waals surface area contributed by atoms with Crippen molar-refractivity contribution in [1.82, 2.24) is 9.88 Å². The summed E-state index contributed by atoms with van der Waals surface area (Å²) in [4.78, 5) is 12.4. The number of benzene rings is 1. The Morgan fingerprint density at radius 1 is 1.32 bits per heavy atom. The average Bonchev–Trinajstić information content (AvgIpc) is 2.70. The van der Waals surface area contributed by atoms with Gasteiger partial charge in [0.2, 0.25) is 0 Å². The first-order valence-electron chi connectivity index (χ1n) is 7.21. The summed E-state index contributed by atoms with van der Waals surface area (Å²) < 4.78 is 2.02. The Bertz CT molecular complexity index is 698. The Labute approximate surface area is 136 Å². The minimum Gasteiger partial charge on any atom is -0.350 e.